The van der Waals surface area contributed by atoms with Gasteiger partial charge in [-0.2, -0.15) is 5.10 Å². The zero-order chi connectivity index (χ0) is 24.9. The van der Waals surface area contributed by atoms with Crippen LogP contribution in [0.4, 0.5) is 17.2 Å². The van der Waals surface area contributed by atoms with Crippen LogP contribution in [-0.4, -0.2) is 65.3 Å². The largest absolute Gasteiger partial charge is 0.370 e. The van der Waals surface area contributed by atoms with Gasteiger partial charge in [0.1, 0.15) is 11.5 Å². The predicted octanol–water partition coefficient (Wildman–Crippen LogP) is 5.07. The molecule has 1 saturated heterocycles. The van der Waals surface area contributed by atoms with Crippen molar-refractivity contribution in [2.45, 2.75) is 19.3 Å². The van der Waals surface area contributed by atoms with Crippen molar-refractivity contribution in [3.8, 4) is 11.1 Å². The maximum absolute atomic E-state index is 4.54. The minimum atomic E-state index is 0.716. The number of H-pyrrole nitrogens is 1. The van der Waals surface area contributed by atoms with Gasteiger partial charge in [-0.25, -0.2) is 4.98 Å². The van der Waals surface area contributed by atoms with Crippen molar-refractivity contribution in [3.05, 3.63) is 67.3 Å². The number of nitrogens with one attached hydrogen (secondary N) is 3. The molecule has 0 amide bonds. The fourth-order valence-corrected chi connectivity index (χ4v) is 4.55. The summed E-state index contributed by atoms with van der Waals surface area (Å²) in [7, 11) is 4.11. The molecule has 0 radical (unpaired) electrons. The Morgan fingerprint density at radius 1 is 1.03 bits per heavy atom. The average molecular weight is 483 g/mol. The van der Waals surface area contributed by atoms with Gasteiger partial charge in [-0.1, -0.05) is 12.6 Å². The summed E-state index contributed by atoms with van der Waals surface area (Å²) < 4.78 is 0. The number of hydrogen-bond donors (Lipinski definition) is 3. The fourth-order valence-electron chi connectivity index (χ4n) is 4.55. The fraction of sp³-hybridized carbons (Fsp3) is 0.321. The molecule has 0 spiro atoms. The number of nitrogens with zero attached hydrogens (tertiary/aromatic N) is 5. The summed E-state index contributed by atoms with van der Waals surface area (Å²) in [6.45, 7) is 8.25. The van der Waals surface area contributed by atoms with Gasteiger partial charge in [-0.05, 0) is 69.3 Å². The number of aromatic amines is 1. The smallest absolute Gasteiger partial charge is 0.126 e. The average Bonchev–Trinajstić information content (AvgIpc) is 3.34. The Morgan fingerprint density at radius 3 is 2.67 bits per heavy atom. The van der Waals surface area contributed by atoms with E-state index in [4.69, 9.17) is 0 Å². The van der Waals surface area contributed by atoms with E-state index in [1.54, 1.807) is 6.20 Å². The van der Waals surface area contributed by atoms with Gasteiger partial charge in [-0.3, -0.25) is 10.1 Å². The molecule has 1 aliphatic heterocycles. The molecule has 0 aliphatic carbocycles. The lowest BCUT2D eigenvalue weighted by atomic mass is 10.0. The second kappa shape index (κ2) is 10.8. The van der Waals surface area contributed by atoms with Crippen LogP contribution >= 0.6 is 0 Å². The van der Waals surface area contributed by atoms with Crippen molar-refractivity contribution in [3.63, 3.8) is 0 Å². The van der Waals surface area contributed by atoms with Gasteiger partial charge >= 0.3 is 0 Å². The second-order valence-corrected chi connectivity index (χ2v) is 9.58. The summed E-state index contributed by atoms with van der Waals surface area (Å²) >= 11 is 0. The van der Waals surface area contributed by atoms with E-state index in [0.29, 0.717) is 5.70 Å². The maximum atomic E-state index is 4.54. The molecule has 5 rings (SSSR count). The zero-order valence-electron chi connectivity index (χ0n) is 21.1. The van der Waals surface area contributed by atoms with E-state index in [-0.39, 0.29) is 0 Å². The Balaban J connectivity index is 1.32. The van der Waals surface area contributed by atoms with Gasteiger partial charge in [0.15, 0.2) is 0 Å². The molecule has 36 heavy (non-hydrogen) atoms. The molecule has 186 valence electrons. The van der Waals surface area contributed by atoms with Crippen LogP contribution in [0.3, 0.4) is 0 Å². The highest BCUT2D eigenvalue weighted by Crippen LogP contribution is 2.30. The molecule has 3 N–H and O–H groups in total. The van der Waals surface area contributed by atoms with Crippen LogP contribution in [0.2, 0.25) is 0 Å². The molecule has 0 bridgehead atoms. The summed E-state index contributed by atoms with van der Waals surface area (Å²) in [4.78, 5) is 13.6. The SMILES string of the molecule is C=C(Nc1ccc(NCCN(C)C)nc1)c1n[nH]c2ccc(-c3cncc(N4CCCCC4)c3)cc12. The van der Waals surface area contributed by atoms with Crippen molar-refractivity contribution in [1.29, 1.82) is 0 Å². The Kier molecular flexibility index (Phi) is 7.13. The van der Waals surface area contributed by atoms with Crippen LogP contribution in [0.5, 0.6) is 0 Å². The normalized spacial score (nSPS) is 13.8. The molecule has 8 heteroatoms. The molecule has 4 aromatic rings. The molecule has 3 aromatic heterocycles. The second-order valence-electron chi connectivity index (χ2n) is 9.58. The van der Waals surface area contributed by atoms with Crippen molar-refractivity contribution in [2.24, 2.45) is 0 Å². The highest BCUT2D eigenvalue weighted by atomic mass is 15.1. The molecule has 1 aliphatic rings. The summed E-state index contributed by atoms with van der Waals surface area (Å²) in [6.07, 6.45) is 9.51. The molecule has 8 nitrogen and oxygen atoms in total. The van der Waals surface area contributed by atoms with Gasteiger partial charge in [0.25, 0.3) is 0 Å². The van der Waals surface area contributed by atoms with Crippen LogP contribution < -0.4 is 15.5 Å². The van der Waals surface area contributed by atoms with Gasteiger partial charge in [0.05, 0.1) is 35.0 Å². The first-order valence-electron chi connectivity index (χ1n) is 12.6. The van der Waals surface area contributed by atoms with E-state index < -0.39 is 0 Å². The van der Waals surface area contributed by atoms with Crippen molar-refractivity contribution >= 4 is 33.8 Å². The standard InChI is InChI=1S/C28H34N8/c1-20(32-23-8-10-27(31-18-23)30-11-14-35(2)3)28-25-16-21(7-9-26(25)33-34-28)22-15-24(19-29-17-22)36-12-5-4-6-13-36/h7-10,15-19,32H,1,4-6,11-14H2,2-3H3,(H,30,31)(H,33,34). The minimum Gasteiger partial charge on any atom is -0.370 e. The van der Waals surface area contributed by atoms with Gasteiger partial charge in [0, 0.05) is 43.3 Å². The number of piperidine rings is 1. The van der Waals surface area contributed by atoms with Gasteiger partial charge < -0.3 is 20.4 Å². The zero-order valence-corrected chi connectivity index (χ0v) is 21.1. The molecular weight excluding hydrogens is 448 g/mol. The number of fused-ring (bicyclic) bond motifs is 1. The van der Waals surface area contributed by atoms with E-state index in [2.05, 4.69) is 85.5 Å². The summed E-state index contributed by atoms with van der Waals surface area (Å²) in [5, 5.41) is 15.4. The van der Waals surface area contributed by atoms with Crippen LogP contribution in [0, 0.1) is 0 Å². The molecule has 0 atom stereocenters. The Labute approximate surface area is 212 Å². The third kappa shape index (κ3) is 5.49. The van der Waals surface area contributed by atoms with E-state index in [1.165, 1.54) is 24.9 Å². The third-order valence-corrected chi connectivity index (χ3v) is 6.55. The molecule has 4 heterocycles. The first-order valence-corrected chi connectivity index (χ1v) is 12.6. The van der Waals surface area contributed by atoms with E-state index in [1.807, 2.05) is 24.5 Å². The third-order valence-electron chi connectivity index (χ3n) is 6.55. The topological polar surface area (TPSA) is 85.0 Å². The first-order chi connectivity index (χ1) is 17.6. The Morgan fingerprint density at radius 2 is 1.89 bits per heavy atom. The quantitative estimate of drug-likeness (QED) is 0.307. The number of anilines is 3. The minimum absolute atomic E-state index is 0.716. The van der Waals surface area contributed by atoms with Crippen LogP contribution in [-0.2, 0) is 0 Å². The molecule has 0 saturated carbocycles. The van der Waals surface area contributed by atoms with E-state index >= 15 is 0 Å². The monoisotopic (exact) mass is 482 g/mol. The first kappa shape index (κ1) is 23.8. The molecule has 0 unspecified atom stereocenters. The lowest BCUT2D eigenvalue weighted by Gasteiger charge is -2.28. The van der Waals surface area contributed by atoms with Crippen molar-refractivity contribution in [2.75, 3.05) is 55.8 Å². The number of benzene rings is 1. The molecular formula is C28H34N8. The summed E-state index contributed by atoms with van der Waals surface area (Å²) in [5.74, 6) is 0.850. The predicted molar refractivity (Wildman–Crippen MR) is 149 cm³/mol. The number of likely N-dealkylation sites (N-methyl/N-ethyl adjacent to an activating group) is 1. The van der Waals surface area contributed by atoms with Crippen LogP contribution in [0.25, 0.3) is 27.7 Å². The highest BCUT2D eigenvalue weighted by Gasteiger charge is 2.14. The summed E-state index contributed by atoms with van der Waals surface area (Å²) in [5.41, 5.74) is 6.75. The molecule has 1 aromatic carbocycles. The van der Waals surface area contributed by atoms with E-state index in [9.17, 15) is 0 Å². The van der Waals surface area contributed by atoms with E-state index in [0.717, 1.165) is 65.4 Å². The summed E-state index contributed by atoms with van der Waals surface area (Å²) in [6, 6.07) is 12.5. The van der Waals surface area contributed by atoms with Crippen molar-refractivity contribution < 1.29 is 0 Å². The lowest BCUT2D eigenvalue weighted by Crippen LogP contribution is -2.29. The Bertz CT molecular complexity index is 1320. The number of aromatic nitrogens is 4. The number of rotatable bonds is 9. The highest BCUT2D eigenvalue weighted by molar-refractivity contribution is 5.95. The lowest BCUT2D eigenvalue weighted by molar-refractivity contribution is 0.425. The Hall–Kier alpha value is -3.91. The van der Waals surface area contributed by atoms with Crippen LogP contribution in [0.15, 0.2) is 61.6 Å². The van der Waals surface area contributed by atoms with Gasteiger partial charge in [-0.15, -0.1) is 0 Å². The van der Waals surface area contributed by atoms with Crippen LogP contribution in [0.1, 0.15) is 25.0 Å². The molecule has 1 fully saturated rings. The number of hydrogen-bond acceptors (Lipinski definition) is 7. The maximum Gasteiger partial charge on any atom is 0.126 e. The van der Waals surface area contributed by atoms with Crippen molar-refractivity contribution in [1.82, 2.24) is 25.1 Å². The number of pyridine rings is 2. The van der Waals surface area contributed by atoms with Gasteiger partial charge in [0.2, 0.25) is 0 Å².